The Hall–Kier alpha value is 0.0200. The average molecular weight is 364 g/mol. The van der Waals surface area contributed by atoms with Gasteiger partial charge < -0.3 is 50.2 Å². The average Bonchev–Trinajstić information content (AvgIpc) is 2.35. The molecule has 0 aliphatic heterocycles. The topological polar surface area (TPSA) is 246 Å². The lowest BCUT2D eigenvalue weighted by Gasteiger charge is -2.03. The zero-order chi connectivity index (χ0) is 17.9. The van der Waals surface area contributed by atoms with Crippen molar-refractivity contribution in [3.05, 3.63) is 0 Å². The molecule has 0 aliphatic carbocycles. The Balaban J connectivity index is -0.000000102. The summed E-state index contributed by atoms with van der Waals surface area (Å²) in [5.41, 5.74) is 0. The first-order chi connectivity index (χ1) is 9.45. The molecule has 0 atom stereocenters. The van der Waals surface area contributed by atoms with E-state index in [1.54, 1.807) is 0 Å². The molecule has 0 bridgehead atoms. The van der Waals surface area contributed by atoms with Crippen LogP contribution in [0, 0.1) is 0 Å². The molecule has 0 radical (unpaired) electrons. The zero-order valence-corrected chi connectivity index (χ0v) is 12.6. The fourth-order valence-corrected chi connectivity index (χ4v) is 1.25. The molecule has 0 unspecified atom stereocenters. The molecule has 0 aliphatic rings. The van der Waals surface area contributed by atoms with E-state index in [4.69, 9.17) is 50.2 Å². The molecule has 0 fully saturated rings. The van der Waals surface area contributed by atoms with Gasteiger partial charge in [-0.1, -0.05) is 0 Å². The summed E-state index contributed by atoms with van der Waals surface area (Å²) in [5.74, 6) is 0. The van der Waals surface area contributed by atoms with Gasteiger partial charge in [-0.15, -0.1) is 0 Å². The molecule has 0 aromatic rings. The highest BCUT2D eigenvalue weighted by Crippen LogP contribution is 2.53. The normalized spacial score (nSPS) is 10.2. The lowest BCUT2D eigenvalue weighted by Crippen LogP contribution is -1.85. The Morgan fingerprint density at radius 2 is 0.667 bits per heavy atom. The van der Waals surface area contributed by atoms with Gasteiger partial charge in [0, 0.05) is 0 Å². The molecule has 0 aromatic heterocycles. The van der Waals surface area contributed by atoms with Crippen molar-refractivity contribution in [1.29, 1.82) is 0 Å². The largest absolute Gasteiger partial charge is 0.478 e. The third-order valence-corrected chi connectivity index (χ3v) is 2.21. The number of aliphatic hydroxyl groups excluding tert-OH is 6. The summed E-state index contributed by atoms with van der Waals surface area (Å²) in [6, 6.07) is 0. The van der Waals surface area contributed by atoms with E-state index < -0.39 is 15.6 Å². The van der Waals surface area contributed by atoms with Crippen LogP contribution in [0.1, 0.15) is 0 Å². The fraction of sp³-hybridized carbons (Fsp3) is 1.00. The lowest BCUT2D eigenvalue weighted by molar-refractivity contribution is 0.186. The highest BCUT2D eigenvalue weighted by molar-refractivity contribution is 7.60. The van der Waals surface area contributed by atoms with Gasteiger partial charge in [-0.3, -0.25) is 0 Å². The number of rotatable bonds is 5. The molecule has 15 heteroatoms. The second-order valence-corrected chi connectivity index (χ2v) is 5.02. The van der Waals surface area contributed by atoms with E-state index >= 15 is 0 Å². The van der Waals surface area contributed by atoms with E-state index in [-0.39, 0.29) is 39.6 Å². The van der Waals surface area contributed by atoms with E-state index in [0.717, 1.165) is 0 Å². The first kappa shape index (κ1) is 29.1. The molecule has 13 nitrogen and oxygen atoms in total. The molecule has 0 amide bonds. The summed E-state index contributed by atoms with van der Waals surface area (Å²) in [7, 11) is -10.1. The maximum Gasteiger partial charge on any atom is 0.478 e. The Kier molecular flexibility index (Phi) is 27.7. The van der Waals surface area contributed by atoms with E-state index in [1.165, 1.54) is 0 Å². The molecule has 0 saturated carbocycles. The number of hydrogen-bond acceptors (Lipinski definition) is 9. The van der Waals surface area contributed by atoms with Gasteiger partial charge >= 0.3 is 15.6 Å². The Labute approximate surface area is 120 Å². The predicted octanol–water partition coefficient (Wildman–Crippen LogP) is -3.90. The monoisotopic (exact) mass is 364 g/mol. The highest BCUT2D eigenvalue weighted by Gasteiger charge is 2.27. The second kappa shape index (κ2) is 20.0. The predicted molar refractivity (Wildman–Crippen MR) is 67.7 cm³/mol. The van der Waals surface area contributed by atoms with Crippen molar-refractivity contribution in [2.45, 2.75) is 0 Å². The Morgan fingerprint density at radius 1 is 0.524 bits per heavy atom. The van der Waals surface area contributed by atoms with Gasteiger partial charge in [0.15, 0.2) is 0 Å². The van der Waals surface area contributed by atoms with Crippen molar-refractivity contribution in [3.63, 3.8) is 0 Å². The van der Waals surface area contributed by atoms with Crippen LogP contribution in [0.2, 0.25) is 0 Å². The second-order valence-electron chi connectivity index (χ2n) is 2.40. The van der Waals surface area contributed by atoms with Crippen molar-refractivity contribution in [2.24, 2.45) is 0 Å². The van der Waals surface area contributed by atoms with Crippen LogP contribution in [0.5, 0.6) is 0 Å². The van der Waals surface area contributed by atoms with Crippen LogP contribution >= 0.6 is 15.6 Å². The van der Waals surface area contributed by atoms with E-state index in [9.17, 15) is 9.13 Å². The van der Waals surface area contributed by atoms with Crippen molar-refractivity contribution in [1.82, 2.24) is 0 Å². The third-order valence-electron chi connectivity index (χ3n) is 0.513. The van der Waals surface area contributed by atoms with Crippen molar-refractivity contribution in [3.8, 4) is 0 Å². The van der Waals surface area contributed by atoms with Crippen LogP contribution in [0.15, 0.2) is 0 Å². The SMILES string of the molecule is O=P(O)(O)OP(=O)(O)O.OCCO.OCCO.OCCO. The van der Waals surface area contributed by atoms with E-state index in [2.05, 4.69) is 4.31 Å². The van der Waals surface area contributed by atoms with Gasteiger partial charge in [0.2, 0.25) is 0 Å². The molecule has 0 heterocycles. The summed E-state index contributed by atoms with van der Waals surface area (Å²) in [6.07, 6.45) is 0. The van der Waals surface area contributed by atoms with E-state index in [0.29, 0.717) is 0 Å². The minimum absolute atomic E-state index is 0.125. The van der Waals surface area contributed by atoms with Gasteiger partial charge in [-0.25, -0.2) is 9.13 Å². The van der Waals surface area contributed by atoms with Crippen LogP contribution in [0.3, 0.4) is 0 Å². The molecular formula is C6H22O13P2. The fourth-order valence-electron chi connectivity index (χ4n) is 0.139. The van der Waals surface area contributed by atoms with Crippen LogP contribution in [-0.4, -0.2) is 89.9 Å². The van der Waals surface area contributed by atoms with Crippen molar-refractivity contribution < 1.29 is 63.7 Å². The van der Waals surface area contributed by atoms with Crippen LogP contribution in [0.25, 0.3) is 0 Å². The number of hydrogen-bond donors (Lipinski definition) is 10. The highest BCUT2D eigenvalue weighted by atomic mass is 31.3. The molecular weight excluding hydrogens is 342 g/mol. The minimum atomic E-state index is -5.05. The van der Waals surface area contributed by atoms with Gasteiger partial charge in [-0.2, -0.15) is 4.31 Å². The standard InChI is InChI=1S/3C2H6O2.H4O7P2/c3*3-1-2-4;1-8(2,3)7-9(4,5)6/h3*3-4H,1-2H2;(H2,1,2,3)(H2,4,5,6). The van der Waals surface area contributed by atoms with Gasteiger partial charge in [0.05, 0.1) is 39.6 Å². The summed E-state index contributed by atoms with van der Waals surface area (Å²) in [5, 5.41) is 45.8. The maximum atomic E-state index is 9.63. The maximum absolute atomic E-state index is 9.63. The zero-order valence-electron chi connectivity index (χ0n) is 10.8. The molecule has 0 aromatic carbocycles. The molecule has 0 saturated heterocycles. The van der Waals surface area contributed by atoms with Gasteiger partial charge in [0.1, 0.15) is 0 Å². The molecule has 134 valence electrons. The Morgan fingerprint density at radius 3 is 0.667 bits per heavy atom. The summed E-state index contributed by atoms with van der Waals surface area (Å²) < 4.78 is 22.2. The first-order valence-electron chi connectivity index (χ1n) is 4.93. The lowest BCUT2D eigenvalue weighted by atomic mass is 10.8. The number of aliphatic hydroxyl groups is 6. The Bertz CT molecular complexity index is 224. The van der Waals surface area contributed by atoms with Crippen molar-refractivity contribution in [2.75, 3.05) is 39.6 Å². The quantitative estimate of drug-likeness (QED) is 0.210. The number of phosphoric acid groups is 2. The smallest absolute Gasteiger partial charge is 0.394 e. The molecule has 10 N–H and O–H groups in total. The van der Waals surface area contributed by atoms with Gasteiger partial charge in [-0.05, 0) is 0 Å². The van der Waals surface area contributed by atoms with E-state index in [1.807, 2.05) is 0 Å². The summed E-state index contributed by atoms with van der Waals surface area (Å²) in [4.78, 5) is 31.0. The van der Waals surface area contributed by atoms with Crippen LogP contribution in [0.4, 0.5) is 0 Å². The van der Waals surface area contributed by atoms with Gasteiger partial charge in [0.25, 0.3) is 0 Å². The summed E-state index contributed by atoms with van der Waals surface area (Å²) in [6.45, 7) is -0.750. The molecule has 21 heavy (non-hydrogen) atoms. The third kappa shape index (κ3) is 79.9. The summed E-state index contributed by atoms with van der Waals surface area (Å²) >= 11 is 0. The minimum Gasteiger partial charge on any atom is -0.394 e. The molecule has 0 spiro atoms. The van der Waals surface area contributed by atoms with Crippen LogP contribution < -0.4 is 0 Å². The molecule has 0 rings (SSSR count). The van der Waals surface area contributed by atoms with Crippen LogP contribution in [-0.2, 0) is 13.4 Å². The first-order valence-corrected chi connectivity index (χ1v) is 7.99. The van der Waals surface area contributed by atoms with Crippen molar-refractivity contribution >= 4 is 15.6 Å².